The lowest BCUT2D eigenvalue weighted by atomic mass is 10.2. The summed E-state index contributed by atoms with van der Waals surface area (Å²) < 4.78 is 20.8. The van der Waals surface area contributed by atoms with E-state index >= 15 is 0 Å². The SMILES string of the molecule is C[C@H](NC(=O)C(C)(C)S(C)(=O)=O)C(=O)O. The van der Waals surface area contributed by atoms with Gasteiger partial charge in [0.25, 0.3) is 0 Å². The van der Waals surface area contributed by atoms with Gasteiger partial charge in [-0.15, -0.1) is 0 Å². The largest absolute Gasteiger partial charge is 0.480 e. The molecular formula is C8H15NO5S. The molecule has 7 heteroatoms. The van der Waals surface area contributed by atoms with Crippen LogP contribution in [0.1, 0.15) is 20.8 Å². The highest BCUT2D eigenvalue weighted by molar-refractivity contribution is 7.92. The van der Waals surface area contributed by atoms with Crippen molar-refractivity contribution in [2.75, 3.05) is 6.26 Å². The highest BCUT2D eigenvalue weighted by Crippen LogP contribution is 2.15. The van der Waals surface area contributed by atoms with Gasteiger partial charge in [0.15, 0.2) is 9.84 Å². The van der Waals surface area contributed by atoms with Crippen molar-refractivity contribution in [3.63, 3.8) is 0 Å². The average molecular weight is 237 g/mol. The summed E-state index contributed by atoms with van der Waals surface area (Å²) in [6.07, 6.45) is 0.929. The number of carbonyl (C=O) groups excluding carboxylic acids is 1. The summed E-state index contributed by atoms with van der Waals surface area (Å²) in [7, 11) is -3.58. The van der Waals surface area contributed by atoms with Crippen LogP contribution < -0.4 is 5.32 Å². The summed E-state index contributed by atoms with van der Waals surface area (Å²) in [6.45, 7) is 3.72. The summed E-state index contributed by atoms with van der Waals surface area (Å²) in [5, 5.41) is 10.6. The molecule has 0 saturated heterocycles. The van der Waals surface area contributed by atoms with E-state index in [2.05, 4.69) is 5.32 Å². The standard InChI is InChI=1S/C8H15NO5S/c1-5(6(10)11)9-7(12)8(2,3)15(4,13)14/h5H,1-4H3,(H,9,12)(H,10,11)/t5-/m0/s1. The summed E-state index contributed by atoms with van der Waals surface area (Å²) in [5.41, 5.74) is 0. The summed E-state index contributed by atoms with van der Waals surface area (Å²) in [4.78, 5) is 21.9. The molecule has 0 bridgehead atoms. The molecule has 0 fully saturated rings. The number of nitrogens with one attached hydrogen (secondary N) is 1. The van der Waals surface area contributed by atoms with Crippen molar-refractivity contribution in [2.45, 2.75) is 31.6 Å². The summed E-state index contributed by atoms with van der Waals surface area (Å²) >= 11 is 0. The van der Waals surface area contributed by atoms with Crippen LogP contribution in [-0.4, -0.2) is 42.4 Å². The van der Waals surface area contributed by atoms with Crippen LogP contribution in [0.4, 0.5) is 0 Å². The van der Waals surface area contributed by atoms with Gasteiger partial charge < -0.3 is 10.4 Å². The van der Waals surface area contributed by atoms with Crippen LogP contribution in [0, 0.1) is 0 Å². The molecule has 6 nitrogen and oxygen atoms in total. The Balaban J connectivity index is 4.82. The second-order valence-corrected chi connectivity index (χ2v) is 6.38. The van der Waals surface area contributed by atoms with Gasteiger partial charge >= 0.3 is 5.97 Å². The van der Waals surface area contributed by atoms with Gasteiger partial charge in [-0.25, -0.2) is 8.42 Å². The molecule has 0 saturated carbocycles. The van der Waals surface area contributed by atoms with Crippen molar-refractivity contribution in [2.24, 2.45) is 0 Å². The molecule has 1 amide bonds. The van der Waals surface area contributed by atoms with Gasteiger partial charge in [-0.2, -0.15) is 0 Å². The van der Waals surface area contributed by atoms with E-state index in [4.69, 9.17) is 5.11 Å². The molecule has 2 N–H and O–H groups in total. The van der Waals surface area contributed by atoms with E-state index in [0.29, 0.717) is 0 Å². The Bertz CT molecular complexity index is 370. The lowest BCUT2D eigenvalue weighted by molar-refractivity contribution is -0.141. The highest BCUT2D eigenvalue weighted by Gasteiger charge is 2.39. The van der Waals surface area contributed by atoms with Crippen LogP contribution in [0.3, 0.4) is 0 Å². The second kappa shape index (κ2) is 4.18. The van der Waals surface area contributed by atoms with Crippen molar-refractivity contribution in [1.29, 1.82) is 0 Å². The minimum absolute atomic E-state index is 0.820. The lowest BCUT2D eigenvalue weighted by Gasteiger charge is -2.22. The predicted molar refractivity (Wildman–Crippen MR) is 54.2 cm³/mol. The number of amides is 1. The third-order valence-corrected chi connectivity index (χ3v) is 4.23. The number of aliphatic carboxylic acids is 1. The zero-order valence-electron chi connectivity index (χ0n) is 9.07. The molecule has 15 heavy (non-hydrogen) atoms. The molecule has 1 atom stereocenters. The topological polar surface area (TPSA) is 101 Å². The predicted octanol–water partition coefficient (Wildman–Crippen LogP) is -0.601. The van der Waals surface area contributed by atoms with Crippen molar-refractivity contribution < 1.29 is 23.1 Å². The fraction of sp³-hybridized carbons (Fsp3) is 0.750. The maximum Gasteiger partial charge on any atom is 0.325 e. The van der Waals surface area contributed by atoms with E-state index < -0.39 is 32.5 Å². The quantitative estimate of drug-likeness (QED) is 0.680. The van der Waals surface area contributed by atoms with Gasteiger partial charge in [0, 0.05) is 6.26 Å². The molecule has 0 spiro atoms. The van der Waals surface area contributed by atoms with Crippen molar-refractivity contribution >= 4 is 21.7 Å². The van der Waals surface area contributed by atoms with Crippen molar-refractivity contribution in [1.82, 2.24) is 5.32 Å². The van der Waals surface area contributed by atoms with E-state index in [1.165, 1.54) is 20.8 Å². The van der Waals surface area contributed by atoms with Gasteiger partial charge in [0.1, 0.15) is 10.8 Å². The van der Waals surface area contributed by atoms with Crippen LogP contribution in [0.15, 0.2) is 0 Å². The molecule has 0 aromatic rings. The molecule has 0 heterocycles. The molecule has 0 unspecified atom stereocenters. The molecule has 0 rings (SSSR count). The Morgan fingerprint density at radius 2 is 1.73 bits per heavy atom. The number of carbonyl (C=O) groups is 2. The third-order valence-electron chi connectivity index (χ3n) is 2.19. The van der Waals surface area contributed by atoms with E-state index in [-0.39, 0.29) is 0 Å². The van der Waals surface area contributed by atoms with Gasteiger partial charge in [-0.05, 0) is 20.8 Å². The number of carboxylic acids is 1. The van der Waals surface area contributed by atoms with Crippen molar-refractivity contribution in [3.05, 3.63) is 0 Å². The first-order valence-corrected chi connectivity index (χ1v) is 6.12. The summed E-state index contributed by atoms with van der Waals surface area (Å²) in [5.74, 6) is -2.03. The fourth-order valence-corrected chi connectivity index (χ4v) is 0.996. The van der Waals surface area contributed by atoms with E-state index in [1.54, 1.807) is 0 Å². The normalized spacial score (nSPS) is 14.4. The van der Waals surface area contributed by atoms with Gasteiger partial charge in [-0.3, -0.25) is 9.59 Å². The number of rotatable bonds is 4. The molecule has 88 valence electrons. The molecular weight excluding hydrogens is 222 g/mol. The monoisotopic (exact) mass is 237 g/mol. The van der Waals surface area contributed by atoms with Crippen LogP contribution in [0.2, 0.25) is 0 Å². The minimum Gasteiger partial charge on any atom is -0.480 e. The Morgan fingerprint density at radius 1 is 1.33 bits per heavy atom. The number of sulfone groups is 1. The second-order valence-electron chi connectivity index (χ2n) is 3.82. The third kappa shape index (κ3) is 3.19. The summed E-state index contributed by atoms with van der Waals surface area (Å²) in [6, 6.07) is -1.11. The zero-order chi connectivity index (χ0) is 12.4. The Kier molecular flexibility index (Phi) is 3.87. The maximum atomic E-state index is 11.5. The minimum atomic E-state index is -3.58. The Labute approximate surface area is 88.6 Å². The fourth-order valence-electron chi connectivity index (χ4n) is 0.601. The lowest BCUT2D eigenvalue weighted by Crippen LogP contribution is -2.51. The Hall–Kier alpha value is -1.11. The van der Waals surface area contributed by atoms with Gasteiger partial charge in [-0.1, -0.05) is 0 Å². The van der Waals surface area contributed by atoms with Gasteiger partial charge in [0.05, 0.1) is 0 Å². The molecule has 0 aliphatic carbocycles. The first-order chi connectivity index (χ1) is 6.50. The van der Waals surface area contributed by atoms with Crippen LogP contribution >= 0.6 is 0 Å². The van der Waals surface area contributed by atoms with E-state index in [1.807, 2.05) is 0 Å². The molecule has 0 aromatic carbocycles. The van der Waals surface area contributed by atoms with Crippen LogP contribution in [-0.2, 0) is 19.4 Å². The molecule has 0 aliphatic heterocycles. The van der Waals surface area contributed by atoms with Gasteiger partial charge in [0.2, 0.25) is 5.91 Å². The number of hydrogen-bond acceptors (Lipinski definition) is 4. The molecule has 0 aromatic heterocycles. The Morgan fingerprint density at radius 3 is 2.00 bits per heavy atom. The van der Waals surface area contributed by atoms with E-state index in [9.17, 15) is 18.0 Å². The first kappa shape index (κ1) is 13.9. The van der Waals surface area contributed by atoms with Crippen LogP contribution in [0.5, 0.6) is 0 Å². The zero-order valence-corrected chi connectivity index (χ0v) is 9.88. The highest BCUT2D eigenvalue weighted by atomic mass is 32.2. The van der Waals surface area contributed by atoms with E-state index in [0.717, 1.165) is 6.26 Å². The average Bonchev–Trinajstić information content (AvgIpc) is 2.01. The first-order valence-electron chi connectivity index (χ1n) is 4.23. The number of carboxylic acid groups (broad SMARTS) is 1. The smallest absolute Gasteiger partial charge is 0.325 e. The maximum absolute atomic E-state index is 11.5. The molecule has 0 radical (unpaired) electrons. The molecule has 0 aliphatic rings. The number of hydrogen-bond donors (Lipinski definition) is 2. The van der Waals surface area contributed by atoms with Crippen LogP contribution in [0.25, 0.3) is 0 Å². The van der Waals surface area contributed by atoms with Crippen molar-refractivity contribution in [3.8, 4) is 0 Å².